The summed E-state index contributed by atoms with van der Waals surface area (Å²) in [6.07, 6.45) is -4.42. The van der Waals surface area contributed by atoms with Crippen LogP contribution in [0.2, 0.25) is 0 Å². The summed E-state index contributed by atoms with van der Waals surface area (Å²) in [6, 6.07) is 3.99. The fourth-order valence-corrected chi connectivity index (χ4v) is 1.42. The van der Waals surface area contributed by atoms with Crippen LogP contribution in [0.15, 0.2) is 24.3 Å². The summed E-state index contributed by atoms with van der Waals surface area (Å²) in [5.74, 6) is -1.65. The Morgan fingerprint density at radius 3 is 1.65 bits per heavy atom. The van der Waals surface area contributed by atoms with Gasteiger partial charge in [-0.2, -0.15) is 13.2 Å². The van der Waals surface area contributed by atoms with Crippen molar-refractivity contribution in [1.29, 1.82) is 0 Å². The van der Waals surface area contributed by atoms with Crippen molar-refractivity contribution in [2.45, 2.75) is 12.0 Å². The minimum atomic E-state index is -4.42. The summed E-state index contributed by atoms with van der Waals surface area (Å²) in [5, 5.41) is 0. The first-order valence-electron chi connectivity index (χ1n) is 4.73. The highest BCUT2D eigenvalue weighted by atomic mass is 19.4. The molecule has 96 valence electrons. The van der Waals surface area contributed by atoms with Crippen LogP contribution in [0.1, 0.15) is 11.1 Å². The number of methoxy groups -OCH3 is 2. The summed E-state index contributed by atoms with van der Waals surface area (Å²) >= 11 is 0. The van der Waals surface area contributed by atoms with E-state index in [2.05, 4.69) is 0 Å². The molecule has 0 fully saturated rings. The first kappa shape index (κ1) is 13.9. The van der Waals surface area contributed by atoms with Crippen molar-refractivity contribution in [3.63, 3.8) is 0 Å². The third kappa shape index (κ3) is 2.76. The largest absolute Gasteiger partial charge is 0.416 e. The maximum atomic E-state index is 12.9. The molecule has 0 aliphatic carbocycles. The van der Waals surface area contributed by atoms with Crippen molar-refractivity contribution in [1.82, 2.24) is 0 Å². The minimum Gasteiger partial charge on any atom is -0.347 e. The van der Waals surface area contributed by atoms with E-state index in [0.29, 0.717) is 0 Å². The van der Waals surface area contributed by atoms with E-state index in [4.69, 9.17) is 9.47 Å². The topological polar surface area (TPSA) is 18.5 Å². The molecule has 0 radical (unpaired) electrons. The Morgan fingerprint density at radius 2 is 1.35 bits per heavy atom. The van der Waals surface area contributed by atoms with E-state index in [9.17, 15) is 17.6 Å². The first-order chi connectivity index (χ1) is 7.89. The molecule has 1 aromatic rings. The summed E-state index contributed by atoms with van der Waals surface area (Å²) < 4.78 is 59.6. The zero-order chi connectivity index (χ0) is 13.1. The maximum Gasteiger partial charge on any atom is 0.416 e. The third-order valence-corrected chi connectivity index (χ3v) is 2.49. The molecule has 0 heterocycles. The van der Waals surface area contributed by atoms with Gasteiger partial charge in [0.05, 0.1) is 5.56 Å². The van der Waals surface area contributed by atoms with Gasteiger partial charge in [-0.3, -0.25) is 0 Å². The molecule has 0 saturated carbocycles. The molecule has 0 aliphatic rings. The van der Waals surface area contributed by atoms with Crippen LogP contribution in [0.5, 0.6) is 0 Å². The van der Waals surface area contributed by atoms with Gasteiger partial charge in [0.25, 0.3) is 0 Å². The second kappa shape index (κ2) is 5.01. The summed E-state index contributed by atoms with van der Waals surface area (Å²) in [6.45, 7) is -0.995. The molecular formula is C11H12F4O2. The predicted molar refractivity (Wildman–Crippen MR) is 53.1 cm³/mol. The van der Waals surface area contributed by atoms with Gasteiger partial charge in [0.1, 0.15) is 6.67 Å². The second-order valence-corrected chi connectivity index (χ2v) is 3.37. The lowest BCUT2D eigenvalue weighted by Crippen LogP contribution is -2.33. The fourth-order valence-electron chi connectivity index (χ4n) is 1.42. The minimum absolute atomic E-state index is 0.193. The van der Waals surface area contributed by atoms with Gasteiger partial charge in [0.15, 0.2) is 0 Å². The van der Waals surface area contributed by atoms with E-state index in [-0.39, 0.29) is 5.56 Å². The molecule has 17 heavy (non-hydrogen) atoms. The number of ether oxygens (including phenoxy) is 2. The van der Waals surface area contributed by atoms with Crippen LogP contribution >= 0.6 is 0 Å². The number of benzene rings is 1. The highest BCUT2D eigenvalue weighted by Crippen LogP contribution is 2.32. The van der Waals surface area contributed by atoms with Gasteiger partial charge < -0.3 is 9.47 Å². The molecule has 0 aliphatic heterocycles. The van der Waals surface area contributed by atoms with Crippen LogP contribution in [-0.4, -0.2) is 20.9 Å². The van der Waals surface area contributed by atoms with Crippen LogP contribution < -0.4 is 0 Å². The molecule has 0 saturated heterocycles. The van der Waals surface area contributed by atoms with E-state index < -0.39 is 24.2 Å². The predicted octanol–water partition coefficient (Wildman–Crippen LogP) is 3.12. The Bertz CT molecular complexity index is 346. The highest BCUT2D eigenvalue weighted by Gasteiger charge is 2.34. The molecular weight excluding hydrogens is 240 g/mol. The van der Waals surface area contributed by atoms with Crippen LogP contribution in [-0.2, 0) is 21.4 Å². The normalized spacial score (nSPS) is 12.8. The molecule has 2 nitrogen and oxygen atoms in total. The number of hydrogen-bond donors (Lipinski definition) is 0. The average molecular weight is 252 g/mol. The van der Waals surface area contributed by atoms with E-state index in [1.807, 2.05) is 0 Å². The molecule has 0 N–H and O–H groups in total. The Hall–Kier alpha value is -1.14. The molecule has 6 heteroatoms. The zero-order valence-corrected chi connectivity index (χ0v) is 9.34. The molecule has 0 unspecified atom stereocenters. The lowest BCUT2D eigenvalue weighted by atomic mass is 10.0. The maximum absolute atomic E-state index is 12.9. The molecule has 0 amide bonds. The van der Waals surface area contributed by atoms with Crippen LogP contribution in [0.3, 0.4) is 0 Å². The molecule has 0 bridgehead atoms. The van der Waals surface area contributed by atoms with Crippen molar-refractivity contribution in [2.75, 3.05) is 20.9 Å². The van der Waals surface area contributed by atoms with Crippen molar-refractivity contribution >= 4 is 0 Å². The first-order valence-corrected chi connectivity index (χ1v) is 4.73. The van der Waals surface area contributed by atoms with Gasteiger partial charge >= 0.3 is 6.18 Å². The highest BCUT2D eigenvalue weighted by molar-refractivity contribution is 5.27. The quantitative estimate of drug-likeness (QED) is 0.605. The SMILES string of the molecule is COC(CF)(OC)c1ccc(C(F)(F)F)cc1. The van der Waals surface area contributed by atoms with Gasteiger partial charge in [0.2, 0.25) is 5.79 Å². The van der Waals surface area contributed by atoms with Crippen molar-refractivity contribution in [2.24, 2.45) is 0 Å². The van der Waals surface area contributed by atoms with E-state index in [1.165, 1.54) is 14.2 Å². The van der Waals surface area contributed by atoms with Crippen molar-refractivity contribution in [3.05, 3.63) is 35.4 Å². The van der Waals surface area contributed by atoms with Crippen LogP contribution in [0, 0.1) is 0 Å². The zero-order valence-electron chi connectivity index (χ0n) is 9.34. The van der Waals surface area contributed by atoms with Gasteiger partial charge in [0, 0.05) is 19.8 Å². The molecule has 1 aromatic carbocycles. The van der Waals surface area contributed by atoms with Crippen LogP contribution in [0.25, 0.3) is 0 Å². The van der Waals surface area contributed by atoms with Gasteiger partial charge in [-0.1, -0.05) is 12.1 Å². The second-order valence-electron chi connectivity index (χ2n) is 3.37. The number of alkyl halides is 4. The van der Waals surface area contributed by atoms with Crippen molar-refractivity contribution in [3.8, 4) is 0 Å². The molecule has 1 rings (SSSR count). The Morgan fingerprint density at radius 1 is 0.941 bits per heavy atom. The monoisotopic (exact) mass is 252 g/mol. The molecule has 0 atom stereocenters. The van der Waals surface area contributed by atoms with E-state index in [1.54, 1.807) is 0 Å². The Balaban J connectivity index is 3.09. The average Bonchev–Trinajstić information content (AvgIpc) is 2.32. The Labute approximate surface area is 96.1 Å². The van der Waals surface area contributed by atoms with E-state index >= 15 is 0 Å². The van der Waals surface area contributed by atoms with E-state index in [0.717, 1.165) is 24.3 Å². The summed E-state index contributed by atoms with van der Waals surface area (Å²) in [4.78, 5) is 0. The standard InChI is InChI=1S/C11H12F4O2/c1-16-10(7-12,17-2)8-3-5-9(6-4-8)11(13,14)15/h3-6H,7H2,1-2H3. The number of halogens is 4. The van der Waals surface area contributed by atoms with Gasteiger partial charge in [-0.25, -0.2) is 4.39 Å². The third-order valence-electron chi connectivity index (χ3n) is 2.49. The van der Waals surface area contributed by atoms with Gasteiger partial charge in [-0.05, 0) is 12.1 Å². The van der Waals surface area contributed by atoms with Gasteiger partial charge in [-0.15, -0.1) is 0 Å². The van der Waals surface area contributed by atoms with Crippen molar-refractivity contribution < 1.29 is 27.0 Å². The summed E-state index contributed by atoms with van der Waals surface area (Å²) in [7, 11) is 2.45. The molecule has 0 spiro atoms. The smallest absolute Gasteiger partial charge is 0.347 e. The number of hydrogen-bond acceptors (Lipinski definition) is 2. The lowest BCUT2D eigenvalue weighted by Gasteiger charge is -2.28. The molecule has 0 aromatic heterocycles. The van der Waals surface area contributed by atoms with Crippen LogP contribution in [0.4, 0.5) is 17.6 Å². The fraction of sp³-hybridized carbons (Fsp3) is 0.455. The Kier molecular flexibility index (Phi) is 4.11. The summed E-state index contributed by atoms with van der Waals surface area (Å²) in [5.41, 5.74) is -0.612. The number of rotatable bonds is 4. The lowest BCUT2D eigenvalue weighted by molar-refractivity contribution is -0.224.